The molecule has 0 saturated carbocycles. The van der Waals surface area contributed by atoms with Crippen molar-refractivity contribution in [1.82, 2.24) is 5.43 Å². The molecule has 4 N–H and O–H groups in total. The molecule has 0 saturated heterocycles. The van der Waals surface area contributed by atoms with Crippen LogP contribution < -0.4 is 16.6 Å². The third-order valence-corrected chi connectivity index (χ3v) is 2.89. The molecule has 1 amide bonds. The quantitative estimate of drug-likeness (QED) is 0.393. The van der Waals surface area contributed by atoms with Gasteiger partial charge in [-0.05, 0) is 32.4 Å². The highest BCUT2D eigenvalue weighted by Gasteiger charge is 2.25. The van der Waals surface area contributed by atoms with E-state index in [0.29, 0.717) is 5.56 Å². The molecular formula is C13H17N3O. The highest BCUT2D eigenvalue weighted by molar-refractivity contribution is 6.02. The summed E-state index contributed by atoms with van der Waals surface area (Å²) in [5.41, 5.74) is 5.64. The number of benzene rings is 1. The van der Waals surface area contributed by atoms with E-state index in [1.54, 1.807) is 6.07 Å². The van der Waals surface area contributed by atoms with Crippen molar-refractivity contribution in [2.24, 2.45) is 5.84 Å². The summed E-state index contributed by atoms with van der Waals surface area (Å²) in [6.45, 7) is 6.18. The molecule has 2 rings (SSSR count). The summed E-state index contributed by atoms with van der Waals surface area (Å²) in [5, 5.41) is 3.36. The molecule has 0 radical (unpaired) electrons. The normalized spacial score (nSPS) is 16.6. The Labute approximate surface area is 101 Å². The van der Waals surface area contributed by atoms with Gasteiger partial charge in [0.15, 0.2) is 0 Å². The first-order valence-corrected chi connectivity index (χ1v) is 5.56. The Hall–Kier alpha value is -1.81. The van der Waals surface area contributed by atoms with E-state index >= 15 is 0 Å². The number of hydrazine groups is 1. The van der Waals surface area contributed by atoms with Crippen molar-refractivity contribution in [3.8, 4) is 0 Å². The lowest BCUT2D eigenvalue weighted by Crippen LogP contribution is -2.35. The zero-order valence-corrected chi connectivity index (χ0v) is 10.3. The molecule has 0 unspecified atom stereocenters. The zero-order valence-electron chi connectivity index (χ0n) is 10.3. The van der Waals surface area contributed by atoms with E-state index in [2.05, 4.69) is 30.7 Å². The van der Waals surface area contributed by atoms with Crippen LogP contribution in [-0.4, -0.2) is 11.4 Å². The Morgan fingerprint density at radius 2 is 2.12 bits per heavy atom. The maximum absolute atomic E-state index is 11.7. The SMILES string of the molecule is CC1=CC(C)(C)Nc2c(C(=O)NN)cccc21. The Kier molecular flexibility index (Phi) is 2.67. The first-order valence-electron chi connectivity index (χ1n) is 5.56. The minimum atomic E-state index is -0.278. The van der Waals surface area contributed by atoms with E-state index < -0.39 is 0 Å². The molecule has 0 atom stereocenters. The van der Waals surface area contributed by atoms with Crippen molar-refractivity contribution in [3.05, 3.63) is 35.4 Å². The highest BCUT2D eigenvalue weighted by Crippen LogP contribution is 2.35. The molecule has 0 aromatic heterocycles. The van der Waals surface area contributed by atoms with Gasteiger partial charge in [0, 0.05) is 5.56 Å². The number of hydrogen-bond donors (Lipinski definition) is 3. The van der Waals surface area contributed by atoms with Crippen LogP contribution in [0.15, 0.2) is 24.3 Å². The van der Waals surface area contributed by atoms with E-state index in [0.717, 1.165) is 16.8 Å². The Bertz CT molecular complexity index is 503. The molecule has 0 aliphatic carbocycles. The van der Waals surface area contributed by atoms with Gasteiger partial charge in [-0.25, -0.2) is 5.84 Å². The fraction of sp³-hybridized carbons (Fsp3) is 0.308. The van der Waals surface area contributed by atoms with E-state index in [9.17, 15) is 4.79 Å². The van der Waals surface area contributed by atoms with Gasteiger partial charge in [-0.3, -0.25) is 10.2 Å². The second kappa shape index (κ2) is 3.89. The summed E-state index contributed by atoms with van der Waals surface area (Å²) in [5.74, 6) is 4.92. The molecule has 1 aliphatic heterocycles. The van der Waals surface area contributed by atoms with Crippen LogP contribution in [-0.2, 0) is 0 Å². The van der Waals surface area contributed by atoms with Crippen LogP contribution in [0.3, 0.4) is 0 Å². The molecule has 1 aromatic rings. The van der Waals surface area contributed by atoms with Gasteiger partial charge >= 0.3 is 0 Å². The number of nitrogen functional groups attached to an aromatic ring is 1. The molecule has 4 nitrogen and oxygen atoms in total. The van der Waals surface area contributed by atoms with Crippen molar-refractivity contribution in [3.63, 3.8) is 0 Å². The molecule has 4 heteroatoms. The van der Waals surface area contributed by atoms with E-state index in [-0.39, 0.29) is 11.4 Å². The van der Waals surface area contributed by atoms with Gasteiger partial charge in [-0.15, -0.1) is 0 Å². The van der Waals surface area contributed by atoms with Crippen LogP contribution in [0.4, 0.5) is 5.69 Å². The smallest absolute Gasteiger partial charge is 0.267 e. The van der Waals surface area contributed by atoms with Crippen LogP contribution >= 0.6 is 0 Å². The molecule has 1 heterocycles. The first-order chi connectivity index (χ1) is 7.94. The van der Waals surface area contributed by atoms with Gasteiger partial charge in [0.05, 0.1) is 16.8 Å². The number of nitrogens with two attached hydrogens (primary N) is 1. The van der Waals surface area contributed by atoms with E-state index in [1.807, 2.05) is 19.1 Å². The second-order valence-electron chi connectivity index (χ2n) is 4.88. The zero-order chi connectivity index (χ0) is 12.6. The molecular weight excluding hydrogens is 214 g/mol. The van der Waals surface area contributed by atoms with Gasteiger partial charge < -0.3 is 5.32 Å². The molecule has 17 heavy (non-hydrogen) atoms. The summed E-state index contributed by atoms with van der Waals surface area (Å²) in [6.07, 6.45) is 2.15. The van der Waals surface area contributed by atoms with Crippen LogP contribution in [0.25, 0.3) is 5.57 Å². The highest BCUT2D eigenvalue weighted by atomic mass is 16.2. The average molecular weight is 231 g/mol. The average Bonchev–Trinajstić information content (AvgIpc) is 2.26. The summed E-state index contributed by atoms with van der Waals surface area (Å²) >= 11 is 0. The predicted octanol–water partition coefficient (Wildman–Crippen LogP) is 1.90. The third kappa shape index (κ3) is 2.03. The number of nitrogens with one attached hydrogen (secondary N) is 2. The number of carbonyl (C=O) groups is 1. The lowest BCUT2D eigenvalue weighted by Gasteiger charge is -2.32. The minimum absolute atomic E-state index is 0.165. The molecule has 0 bridgehead atoms. The fourth-order valence-electron chi connectivity index (χ4n) is 2.26. The standard InChI is InChI=1S/C13H17N3O/c1-8-7-13(2,3)15-11-9(8)5-4-6-10(11)12(17)16-14/h4-7,15H,14H2,1-3H3,(H,16,17). The van der Waals surface area contributed by atoms with Gasteiger partial charge in [0.25, 0.3) is 5.91 Å². The number of fused-ring (bicyclic) bond motifs is 1. The predicted molar refractivity (Wildman–Crippen MR) is 69.4 cm³/mol. The summed E-state index contributed by atoms with van der Waals surface area (Å²) in [7, 11) is 0. The maximum atomic E-state index is 11.7. The summed E-state index contributed by atoms with van der Waals surface area (Å²) in [6, 6.07) is 5.63. The monoisotopic (exact) mass is 231 g/mol. The van der Waals surface area contributed by atoms with Gasteiger partial charge in [0.1, 0.15) is 0 Å². The topological polar surface area (TPSA) is 67.2 Å². The van der Waals surface area contributed by atoms with Crippen molar-refractivity contribution in [2.45, 2.75) is 26.3 Å². The van der Waals surface area contributed by atoms with Crippen molar-refractivity contribution < 1.29 is 4.79 Å². The largest absolute Gasteiger partial charge is 0.376 e. The second-order valence-corrected chi connectivity index (χ2v) is 4.88. The number of rotatable bonds is 1. The Morgan fingerprint density at radius 3 is 2.76 bits per heavy atom. The van der Waals surface area contributed by atoms with Crippen LogP contribution in [0.2, 0.25) is 0 Å². The Balaban J connectivity index is 2.60. The minimum Gasteiger partial charge on any atom is -0.376 e. The molecule has 0 fully saturated rings. The summed E-state index contributed by atoms with van der Waals surface area (Å²) in [4.78, 5) is 11.7. The van der Waals surface area contributed by atoms with Gasteiger partial charge in [-0.1, -0.05) is 18.2 Å². The number of anilines is 1. The number of carbonyl (C=O) groups excluding carboxylic acids is 1. The van der Waals surface area contributed by atoms with Crippen LogP contribution in [0.1, 0.15) is 36.7 Å². The molecule has 0 spiro atoms. The lowest BCUT2D eigenvalue weighted by atomic mass is 9.89. The van der Waals surface area contributed by atoms with E-state index in [4.69, 9.17) is 5.84 Å². The number of para-hydroxylation sites is 1. The number of allylic oxidation sites excluding steroid dienone is 1. The van der Waals surface area contributed by atoms with Crippen LogP contribution in [0, 0.1) is 0 Å². The summed E-state index contributed by atoms with van der Waals surface area (Å²) < 4.78 is 0. The third-order valence-electron chi connectivity index (χ3n) is 2.89. The van der Waals surface area contributed by atoms with Crippen LogP contribution in [0.5, 0.6) is 0 Å². The van der Waals surface area contributed by atoms with Crippen molar-refractivity contribution in [2.75, 3.05) is 5.32 Å². The number of hydrogen-bond acceptors (Lipinski definition) is 3. The molecule has 90 valence electrons. The molecule has 1 aromatic carbocycles. The van der Waals surface area contributed by atoms with Crippen molar-refractivity contribution in [1.29, 1.82) is 0 Å². The van der Waals surface area contributed by atoms with Crippen molar-refractivity contribution >= 4 is 17.2 Å². The first kappa shape index (κ1) is 11.7. The lowest BCUT2D eigenvalue weighted by molar-refractivity contribution is 0.0954. The fourth-order valence-corrected chi connectivity index (χ4v) is 2.26. The van der Waals surface area contributed by atoms with Gasteiger partial charge in [-0.2, -0.15) is 0 Å². The maximum Gasteiger partial charge on any atom is 0.267 e. The Morgan fingerprint density at radius 1 is 1.41 bits per heavy atom. The van der Waals surface area contributed by atoms with E-state index in [1.165, 1.54) is 0 Å². The molecule has 1 aliphatic rings. The number of amides is 1. The van der Waals surface area contributed by atoms with Gasteiger partial charge in [0.2, 0.25) is 0 Å².